The predicted octanol–water partition coefficient (Wildman–Crippen LogP) is 2.33. The number of nitrogens with one attached hydrogen (secondary N) is 1. The summed E-state index contributed by atoms with van der Waals surface area (Å²) in [5, 5.41) is 11.3. The van der Waals surface area contributed by atoms with Gasteiger partial charge < -0.3 is 20.1 Å². The molecule has 2 N–H and O–H groups in total. The summed E-state index contributed by atoms with van der Waals surface area (Å²) >= 11 is 3.36. The maximum absolute atomic E-state index is 11.7. The van der Waals surface area contributed by atoms with E-state index >= 15 is 0 Å². The molecule has 2 amide bonds. The highest BCUT2D eigenvalue weighted by atomic mass is 79.9. The first-order valence-electron chi connectivity index (χ1n) is 6.51. The monoisotopic (exact) mass is 358 g/mol. The van der Waals surface area contributed by atoms with E-state index in [1.165, 1.54) is 4.90 Å². The minimum Gasteiger partial charge on any atom is -0.489 e. The van der Waals surface area contributed by atoms with Crippen LogP contribution in [-0.4, -0.2) is 48.2 Å². The molecule has 0 saturated carbocycles. The van der Waals surface area contributed by atoms with Crippen LogP contribution in [0.5, 0.6) is 5.75 Å². The highest BCUT2D eigenvalue weighted by Gasteiger charge is 2.12. The van der Waals surface area contributed by atoms with E-state index in [4.69, 9.17) is 9.84 Å². The molecule has 0 fully saturated rings. The van der Waals surface area contributed by atoms with Gasteiger partial charge in [0, 0.05) is 18.1 Å². The summed E-state index contributed by atoms with van der Waals surface area (Å²) in [4.78, 5) is 23.5. The number of carboxylic acids is 1. The second kappa shape index (κ2) is 8.51. The van der Waals surface area contributed by atoms with Crippen molar-refractivity contribution in [2.45, 2.75) is 19.4 Å². The van der Waals surface area contributed by atoms with Gasteiger partial charge in [-0.25, -0.2) is 4.79 Å². The minimum atomic E-state index is -0.930. The number of carbonyl (C=O) groups excluding carboxylic acids is 1. The van der Waals surface area contributed by atoms with Crippen molar-refractivity contribution in [3.8, 4) is 5.75 Å². The van der Waals surface area contributed by atoms with Crippen LogP contribution in [0.3, 0.4) is 0 Å². The third kappa shape index (κ3) is 6.99. The number of ether oxygens (including phenoxy) is 1. The van der Waals surface area contributed by atoms with Crippen LogP contribution >= 0.6 is 15.9 Å². The van der Waals surface area contributed by atoms with Crippen LogP contribution in [0.15, 0.2) is 28.7 Å². The van der Waals surface area contributed by atoms with Crippen LogP contribution in [0.4, 0.5) is 4.79 Å². The van der Waals surface area contributed by atoms with E-state index in [2.05, 4.69) is 21.2 Å². The zero-order valence-corrected chi connectivity index (χ0v) is 13.6. The van der Waals surface area contributed by atoms with Gasteiger partial charge in [0.1, 0.15) is 11.9 Å². The average molecular weight is 359 g/mol. The van der Waals surface area contributed by atoms with Gasteiger partial charge in [-0.15, -0.1) is 0 Å². The SMILES string of the molecule is CC(CNC(=O)N(C)CCC(=O)O)Oc1cccc(Br)c1. The number of benzene rings is 1. The molecule has 0 radical (unpaired) electrons. The lowest BCUT2D eigenvalue weighted by Gasteiger charge is -2.20. The van der Waals surface area contributed by atoms with Gasteiger partial charge in [0.05, 0.1) is 13.0 Å². The van der Waals surface area contributed by atoms with Gasteiger partial charge in [0.25, 0.3) is 0 Å². The average Bonchev–Trinajstić information content (AvgIpc) is 2.42. The van der Waals surface area contributed by atoms with Crippen molar-refractivity contribution in [3.05, 3.63) is 28.7 Å². The number of rotatable bonds is 7. The van der Waals surface area contributed by atoms with Gasteiger partial charge in [0.2, 0.25) is 0 Å². The fourth-order valence-corrected chi connectivity index (χ4v) is 1.92. The van der Waals surface area contributed by atoms with E-state index < -0.39 is 5.97 Å². The van der Waals surface area contributed by atoms with E-state index in [9.17, 15) is 9.59 Å². The first-order chi connectivity index (χ1) is 9.88. The molecule has 116 valence electrons. The fourth-order valence-electron chi connectivity index (χ4n) is 1.55. The Morgan fingerprint density at radius 3 is 2.81 bits per heavy atom. The van der Waals surface area contributed by atoms with Crippen molar-refractivity contribution < 1.29 is 19.4 Å². The Hall–Kier alpha value is -1.76. The third-order valence-electron chi connectivity index (χ3n) is 2.68. The molecule has 6 nitrogen and oxygen atoms in total. The number of urea groups is 1. The Kier molecular flexibility index (Phi) is 7.01. The number of hydrogen-bond donors (Lipinski definition) is 2. The van der Waals surface area contributed by atoms with Gasteiger partial charge >= 0.3 is 12.0 Å². The molecule has 1 rings (SSSR count). The summed E-state index contributed by atoms with van der Waals surface area (Å²) in [7, 11) is 1.55. The lowest BCUT2D eigenvalue weighted by molar-refractivity contribution is -0.137. The molecule has 0 spiro atoms. The maximum atomic E-state index is 11.7. The smallest absolute Gasteiger partial charge is 0.317 e. The maximum Gasteiger partial charge on any atom is 0.317 e. The van der Waals surface area contributed by atoms with E-state index in [1.807, 2.05) is 31.2 Å². The van der Waals surface area contributed by atoms with Crippen LogP contribution in [-0.2, 0) is 4.79 Å². The van der Waals surface area contributed by atoms with Crippen molar-refractivity contribution >= 4 is 27.9 Å². The number of hydrogen-bond acceptors (Lipinski definition) is 3. The first kappa shape index (κ1) is 17.3. The van der Waals surface area contributed by atoms with E-state index in [-0.39, 0.29) is 25.1 Å². The molecule has 21 heavy (non-hydrogen) atoms. The summed E-state index contributed by atoms with van der Waals surface area (Å²) < 4.78 is 6.59. The molecule has 0 saturated heterocycles. The highest BCUT2D eigenvalue weighted by Crippen LogP contribution is 2.18. The Morgan fingerprint density at radius 2 is 2.19 bits per heavy atom. The van der Waals surface area contributed by atoms with Gasteiger partial charge in [-0.2, -0.15) is 0 Å². The summed E-state index contributed by atoms with van der Waals surface area (Å²) in [5.74, 6) is -0.216. The molecular weight excluding hydrogens is 340 g/mol. The van der Waals surface area contributed by atoms with Crippen LogP contribution in [0, 0.1) is 0 Å². The molecule has 1 aromatic rings. The quantitative estimate of drug-likeness (QED) is 0.783. The van der Waals surface area contributed by atoms with Crippen LogP contribution < -0.4 is 10.1 Å². The number of halogens is 1. The molecule has 0 aliphatic carbocycles. The summed E-state index contributed by atoms with van der Waals surface area (Å²) in [6.45, 7) is 2.35. The van der Waals surface area contributed by atoms with Gasteiger partial charge in [-0.3, -0.25) is 4.79 Å². The van der Waals surface area contributed by atoms with Crippen molar-refractivity contribution in [2.24, 2.45) is 0 Å². The molecule has 1 unspecified atom stereocenters. The number of amides is 2. The molecular formula is C14H19BrN2O4. The first-order valence-corrected chi connectivity index (χ1v) is 7.30. The van der Waals surface area contributed by atoms with Crippen LogP contribution in [0.1, 0.15) is 13.3 Å². The standard InChI is InChI=1S/C14H19BrN2O4/c1-10(21-12-5-3-4-11(15)8-12)9-16-14(20)17(2)7-6-13(18)19/h3-5,8,10H,6-7,9H2,1-2H3,(H,16,20)(H,18,19). The van der Waals surface area contributed by atoms with Gasteiger partial charge in [-0.05, 0) is 25.1 Å². The summed E-state index contributed by atoms with van der Waals surface area (Å²) in [6, 6.07) is 7.13. The second-order valence-corrected chi connectivity index (χ2v) is 5.55. The molecule has 0 aliphatic heterocycles. The van der Waals surface area contributed by atoms with Crippen molar-refractivity contribution in [2.75, 3.05) is 20.1 Å². The fraction of sp³-hybridized carbons (Fsp3) is 0.429. The lowest BCUT2D eigenvalue weighted by Crippen LogP contribution is -2.42. The number of aliphatic carboxylic acids is 1. The Balaban J connectivity index is 2.33. The molecule has 0 heterocycles. The van der Waals surface area contributed by atoms with Crippen molar-refractivity contribution in [1.82, 2.24) is 10.2 Å². The Labute approximate surface area is 132 Å². The normalized spacial score (nSPS) is 11.6. The molecule has 1 aromatic carbocycles. The van der Waals surface area contributed by atoms with E-state index in [0.29, 0.717) is 12.3 Å². The number of carboxylic acid groups (broad SMARTS) is 1. The third-order valence-corrected chi connectivity index (χ3v) is 3.18. The number of nitrogens with zero attached hydrogens (tertiary/aromatic N) is 1. The molecule has 0 aliphatic rings. The zero-order chi connectivity index (χ0) is 15.8. The summed E-state index contributed by atoms with van der Waals surface area (Å²) in [6.07, 6.45) is -0.273. The van der Waals surface area contributed by atoms with Gasteiger partial charge in [-0.1, -0.05) is 22.0 Å². The predicted molar refractivity (Wildman–Crippen MR) is 82.5 cm³/mol. The van der Waals surface area contributed by atoms with Gasteiger partial charge in [0.15, 0.2) is 0 Å². The Morgan fingerprint density at radius 1 is 1.48 bits per heavy atom. The van der Waals surface area contributed by atoms with Crippen molar-refractivity contribution in [1.29, 1.82) is 0 Å². The molecule has 1 atom stereocenters. The van der Waals surface area contributed by atoms with Crippen LogP contribution in [0.2, 0.25) is 0 Å². The lowest BCUT2D eigenvalue weighted by atomic mass is 10.3. The Bertz CT molecular complexity index is 496. The highest BCUT2D eigenvalue weighted by molar-refractivity contribution is 9.10. The molecule has 7 heteroatoms. The largest absolute Gasteiger partial charge is 0.489 e. The molecule has 0 bridgehead atoms. The van der Waals surface area contributed by atoms with Crippen LogP contribution in [0.25, 0.3) is 0 Å². The zero-order valence-electron chi connectivity index (χ0n) is 12.0. The number of carbonyl (C=O) groups is 2. The summed E-state index contributed by atoms with van der Waals surface area (Å²) in [5.41, 5.74) is 0. The molecule has 0 aromatic heterocycles. The van der Waals surface area contributed by atoms with E-state index in [0.717, 1.165) is 4.47 Å². The van der Waals surface area contributed by atoms with E-state index in [1.54, 1.807) is 7.05 Å². The van der Waals surface area contributed by atoms with Crippen molar-refractivity contribution in [3.63, 3.8) is 0 Å². The minimum absolute atomic E-state index is 0.0754. The topological polar surface area (TPSA) is 78.9 Å². The second-order valence-electron chi connectivity index (χ2n) is 4.64.